The zero-order chi connectivity index (χ0) is 13.1. The normalized spacial score (nSPS) is 10.6. The quantitative estimate of drug-likeness (QED) is 0.617. The summed E-state index contributed by atoms with van der Waals surface area (Å²) in [5, 5.41) is 0.640. The van der Waals surface area contributed by atoms with Gasteiger partial charge in [0.2, 0.25) is 0 Å². The Hall–Kier alpha value is -0.710. The Morgan fingerprint density at radius 1 is 1.22 bits per heavy atom. The van der Waals surface area contributed by atoms with Gasteiger partial charge in [0.1, 0.15) is 5.82 Å². The SMILES string of the molecule is Nc1ccc(SCc2ccc(F)c(Br)c2)c(Cl)c1. The van der Waals surface area contributed by atoms with Crippen molar-refractivity contribution in [3.05, 3.63) is 57.3 Å². The van der Waals surface area contributed by atoms with Crippen LogP contribution in [0.15, 0.2) is 45.8 Å². The van der Waals surface area contributed by atoms with E-state index in [2.05, 4.69) is 15.9 Å². The molecule has 0 bridgehead atoms. The molecule has 0 atom stereocenters. The Morgan fingerprint density at radius 3 is 2.67 bits per heavy atom. The maximum atomic E-state index is 13.1. The Labute approximate surface area is 123 Å². The van der Waals surface area contributed by atoms with Crippen LogP contribution in [-0.2, 0) is 5.75 Å². The van der Waals surface area contributed by atoms with Gasteiger partial charge in [-0.3, -0.25) is 0 Å². The van der Waals surface area contributed by atoms with E-state index in [0.717, 1.165) is 16.2 Å². The number of halogens is 3. The van der Waals surface area contributed by atoms with Crippen LogP contribution >= 0.6 is 39.3 Å². The second-order valence-electron chi connectivity index (χ2n) is 3.73. The van der Waals surface area contributed by atoms with Gasteiger partial charge in [0.05, 0.1) is 9.50 Å². The molecular formula is C13H10BrClFNS. The lowest BCUT2D eigenvalue weighted by Crippen LogP contribution is -1.86. The van der Waals surface area contributed by atoms with E-state index in [4.69, 9.17) is 17.3 Å². The fourth-order valence-electron chi connectivity index (χ4n) is 1.42. The first kappa shape index (κ1) is 13.7. The molecule has 0 unspecified atom stereocenters. The van der Waals surface area contributed by atoms with Crippen molar-refractivity contribution < 1.29 is 4.39 Å². The van der Waals surface area contributed by atoms with E-state index in [-0.39, 0.29) is 5.82 Å². The van der Waals surface area contributed by atoms with Crippen LogP contribution in [0.5, 0.6) is 0 Å². The van der Waals surface area contributed by atoms with Gasteiger partial charge >= 0.3 is 0 Å². The van der Waals surface area contributed by atoms with Gasteiger partial charge < -0.3 is 5.73 Å². The highest BCUT2D eigenvalue weighted by atomic mass is 79.9. The van der Waals surface area contributed by atoms with Crippen LogP contribution in [-0.4, -0.2) is 0 Å². The van der Waals surface area contributed by atoms with Gasteiger partial charge in [-0.1, -0.05) is 17.7 Å². The zero-order valence-corrected chi connectivity index (χ0v) is 12.4. The van der Waals surface area contributed by atoms with Crippen LogP contribution in [0.2, 0.25) is 5.02 Å². The van der Waals surface area contributed by atoms with E-state index in [1.165, 1.54) is 6.07 Å². The predicted octanol–water partition coefficient (Wildman–Crippen LogP) is 5.12. The lowest BCUT2D eigenvalue weighted by Gasteiger charge is -2.06. The number of nitrogens with two attached hydrogens (primary N) is 1. The summed E-state index contributed by atoms with van der Waals surface area (Å²) < 4.78 is 13.6. The summed E-state index contributed by atoms with van der Waals surface area (Å²) in [5.41, 5.74) is 7.31. The summed E-state index contributed by atoms with van der Waals surface area (Å²) >= 11 is 10.8. The summed E-state index contributed by atoms with van der Waals surface area (Å²) in [7, 11) is 0. The zero-order valence-electron chi connectivity index (χ0n) is 9.29. The number of hydrogen-bond acceptors (Lipinski definition) is 2. The Bertz CT molecular complexity index is 577. The van der Waals surface area contributed by atoms with Gasteiger partial charge in [-0.25, -0.2) is 4.39 Å². The van der Waals surface area contributed by atoms with Crippen molar-refractivity contribution >= 4 is 45.0 Å². The van der Waals surface area contributed by atoms with Crippen LogP contribution in [0, 0.1) is 5.82 Å². The van der Waals surface area contributed by atoms with E-state index in [9.17, 15) is 4.39 Å². The van der Waals surface area contributed by atoms with Crippen molar-refractivity contribution in [3.63, 3.8) is 0 Å². The molecule has 0 heterocycles. The number of hydrogen-bond donors (Lipinski definition) is 1. The molecule has 0 amide bonds. The van der Waals surface area contributed by atoms with Crippen molar-refractivity contribution in [2.24, 2.45) is 0 Å². The fraction of sp³-hybridized carbons (Fsp3) is 0.0769. The smallest absolute Gasteiger partial charge is 0.137 e. The summed E-state index contributed by atoms with van der Waals surface area (Å²) in [6.07, 6.45) is 0. The minimum Gasteiger partial charge on any atom is -0.399 e. The highest BCUT2D eigenvalue weighted by molar-refractivity contribution is 9.10. The van der Waals surface area contributed by atoms with Crippen LogP contribution < -0.4 is 5.73 Å². The number of nitrogen functional groups attached to an aromatic ring is 1. The maximum absolute atomic E-state index is 13.1. The topological polar surface area (TPSA) is 26.0 Å². The van der Waals surface area contributed by atoms with Crippen LogP contribution in [0.1, 0.15) is 5.56 Å². The molecule has 0 radical (unpaired) electrons. The van der Waals surface area contributed by atoms with E-state index < -0.39 is 0 Å². The second kappa shape index (κ2) is 5.95. The molecule has 0 aliphatic carbocycles. The third-order valence-electron chi connectivity index (χ3n) is 2.33. The molecule has 2 rings (SSSR count). The molecule has 18 heavy (non-hydrogen) atoms. The predicted molar refractivity (Wildman–Crippen MR) is 79.5 cm³/mol. The standard InChI is InChI=1S/C13H10BrClFNS/c14-10-5-8(1-3-12(10)16)7-18-13-4-2-9(17)6-11(13)15/h1-6H,7,17H2. The Balaban J connectivity index is 2.09. The van der Waals surface area contributed by atoms with E-state index >= 15 is 0 Å². The molecule has 1 nitrogen and oxygen atoms in total. The number of benzene rings is 2. The monoisotopic (exact) mass is 345 g/mol. The first-order valence-electron chi connectivity index (χ1n) is 5.18. The molecule has 0 aromatic heterocycles. The molecule has 2 aromatic carbocycles. The first-order chi connectivity index (χ1) is 8.56. The summed E-state index contributed by atoms with van der Waals surface area (Å²) in [6, 6.07) is 10.4. The number of rotatable bonds is 3. The molecule has 2 aromatic rings. The molecule has 0 saturated carbocycles. The molecule has 2 N–H and O–H groups in total. The highest BCUT2D eigenvalue weighted by Gasteiger charge is 2.04. The molecule has 0 saturated heterocycles. The second-order valence-corrected chi connectivity index (χ2v) is 6.01. The summed E-state index contributed by atoms with van der Waals surface area (Å²) in [5.74, 6) is 0.469. The van der Waals surface area contributed by atoms with Gasteiger partial charge in [-0.2, -0.15) is 0 Å². The van der Waals surface area contributed by atoms with Gasteiger partial charge in [-0.15, -0.1) is 11.8 Å². The van der Waals surface area contributed by atoms with Gasteiger partial charge in [0.25, 0.3) is 0 Å². The molecule has 5 heteroatoms. The number of thioether (sulfide) groups is 1. The van der Waals surface area contributed by atoms with Gasteiger partial charge in [0.15, 0.2) is 0 Å². The minimum atomic E-state index is -0.255. The maximum Gasteiger partial charge on any atom is 0.137 e. The van der Waals surface area contributed by atoms with Gasteiger partial charge in [0, 0.05) is 16.3 Å². The molecule has 0 fully saturated rings. The third-order valence-corrected chi connectivity index (χ3v) is 4.51. The van der Waals surface area contributed by atoms with Crippen LogP contribution in [0.4, 0.5) is 10.1 Å². The Morgan fingerprint density at radius 2 is 2.00 bits per heavy atom. The van der Waals surface area contributed by atoms with E-state index in [1.807, 2.05) is 12.1 Å². The summed E-state index contributed by atoms with van der Waals surface area (Å²) in [4.78, 5) is 0.964. The average Bonchev–Trinajstić information content (AvgIpc) is 2.32. The van der Waals surface area contributed by atoms with Crippen molar-refractivity contribution in [1.82, 2.24) is 0 Å². The van der Waals surface area contributed by atoms with Gasteiger partial charge in [-0.05, 0) is 51.8 Å². The first-order valence-corrected chi connectivity index (χ1v) is 7.33. The molecular weight excluding hydrogens is 337 g/mol. The fourth-order valence-corrected chi connectivity index (χ4v) is 3.07. The highest BCUT2D eigenvalue weighted by Crippen LogP contribution is 2.31. The lowest BCUT2D eigenvalue weighted by molar-refractivity contribution is 0.620. The average molecular weight is 347 g/mol. The van der Waals surface area contributed by atoms with E-state index in [1.54, 1.807) is 30.0 Å². The van der Waals surface area contributed by atoms with Crippen molar-refractivity contribution in [2.45, 2.75) is 10.6 Å². The molecule has 0 aliphatic rings. The van der Waals surface area contributed by atoms with Crippen LogP contribution in [0.3, 0.4) is 0 Å². The van der Waals surface area contributed by atoms with Crippen molar-refractivity contribution in [1.29, 1.82) is 0 Å². The molecule has 0 spiro atoms. The van der Waals surface area contributed by atoms with E-state index in [0.29, 0.717) is 15.2 Å². The number of anilines is 1. The van der Waals surface area contributed by atoms with Crippen molar-refractivity contribution in [2.75, 3.05) is 5.73 Å². The molecule has 0 aliphatic heterocycles. The van der Waals surface area contributed by atoms with Crippen molar-refractivity contribution in [3.8, 4) is 0 Å². The third kappa shape index (κ3) is 3.40. The lowest BCUT2D eigenvalue weighted by atomic mass is 10.2. The Kier molecular flexibility index (Phi) is 4.54. The summed E-state index contributed by atoms with van der Waals surface area (Å²) in [6.45, 7) is 0. The van der Waals surface area contributed by atoms with Crippen LogP contribution in [0.25, 0.3) is 0 Å². The molecule has 94 valence electrons. The largest absolute Gasteiger partial charge is 0.399 e. The minimum absolute atomic E-state index is 0.255.